The number of alkyl halides is 3. The van der Waals surface area contributed by atoms with Crippen LogP contribution in [0.25, 0.3) is 0 Å². The molecule has 2 nitrogen and oxygen atoms in total. The quantitative estimate of drug-likeness (QED) is 0.552. The Bertz CT molecular complexity index is 239. The van der Waals surface area contributed by atoms with E-state index in [0.717, 1.165) is 13.8 Å². The van der Waals surface area contributed by atoms with Gasteiger partial charge in [0, 0.05) is 0 Å². The van der Waals surface area contributed by atoms with Gasteiger partial charge in [-0.25, -0.2) is 0 Å². The van der Waals surface area contributed by atoms with E-state index in [4.69, 9.17) is 9.16 Å². The minimum atomic E-state index is -4.36. The Hall–Kier alpha value is -0.0731. The summed E-state index contributed by atoms with van der Waals surface area (Å²) in [6.07, 6.45) is -4.36. The minimum Gasteiger partial charge on any atom is -0.414 e. The van der Waals surface area contributed by atoms with Gasteiger partial charge in [-0.3, -0.25) is 0 Å². The molecule has 0 aromatic carbocycles. The molecule has 0 heterocycles. The molecule has 0 radical (unpaired) electrons. The van der Waals surface area contributed by atoms with Gasteiger partial charge in [0.25, 0.3) is 0 Å². The molecule has 0 aromatic rings. The molecule has 0 spiro atoms. The van der Waals surface area contributed by atoms with Crippen molar-refractivity contribution in [1.82, 2.24) is 0 Å². The van der Waals surface area contributed by atoms with E-state index in [0.29, 0.717) is 0 Å². The summed E-state index contributed by atoms with van der Waals surface area (Å²) in [5.41, 5.74) is -2.12. The fourth-order valence-electron chi connectivity index (χ4n) is 0.892. The van der Waals surface area contributed by atoms with Gasteiger partial charge in [0.15, 0.2) is 13.9 Å². The van der Waals surface area contributed by atoms with E-state index in [9.17, 15) is 13.2 Å². The molecule has 0 saturated carbocycles. The van der Waals surface area contributed by atoms with Crippen LogP contribution >= 0.6 is 0 Å². The Morgan fingerprint density at radius 1 is 0.889 bits per heavy atom. The lowest BCUT2D eigenvalue weighted by Gasteiger charge is -2.36. The van der Waals surface area contributed by atoms with E-state index < -0.39 is 20.1 Å². The van der Waals surface area contributed by atoms with Crippen LogP contribution in [0.15, 0.2) is 0 Å². The van der Waals surface area contributed by atoms with Gasteiger partial charge in [-0.1, -0.05) is 20.8 Å². The van der Waals surface area contributed by atoms with Gasteiger partial charge >= 0.3 is 6.18 Å². The van der Waals surface area contributed by atoms with Crippen molar-refractivity contribution in [3.05, 3.63) is 0 Å². The molecule has 0 aliphatic rings. The topological polar surface area (TPSA) is 18.5 Å². The van der Waals surface area contributed by atoms with Gasteiger partial charge in [0.05, 0.1) is 13.2 Å². The second kappa shape index (κ2) is 5.51. The van der Waals surface area contributed by atoms with Crippen LogP contribution in [0.4, 0.5) is 13.2 Å². The van der Waals surface area contributed by atoms with Crippen molar-refractivity contribution in [2.24, 2.45) is 0 Å². The van der Waals surface area contributed by atoms with E-state index in [1.54, 1.807) is 0 Å². The molecule has 0 amide bonds. The molecule has 0 atom stereocenters. The van der Waals surface area contributed by atoms with Crippen molar-refractivity contribution in [2.45, 2.75) is 64.5 Å². The lowest BCUT2D eigenvalue weighted by Crippen LogP contribution is -2.44. The second-order valence-corrected chi connectivity index (χ2v) is 11.3. The lowest BCUT2D eigenvalue weighted by atomic mass is 10.1. The number of halogens is 3. The molecule has 0 fully saturated rings. The molecule has 0 rings (SSSR count). The normalized spacial score (nSPS) is 15.0. The average molecular weight is 286 g/mol. The summed E-state index contributed by atoms with van der Waals surface area (Å²) in [4.78, 5) is 0. The summed E-state index contributed by atoms with van der Waals surface area (Å²) in [7, 11) is -1.91. The molecular formula is C12H25F3O2Si. The Balaban J connectivity index is 4.17. The van der Waals surface area contributed by atoms with Crippen LogP contribution in [-0.4, -0.2) is 33.3 Å². The van der Waals surface area contributed by atoms with Crippen LogP contribution in [0, 0.1) is 0 Å². The first-order valence-electron chi connectivity index (χ1n) is 6.05. The Morgan fingerprint density at radius 3 is 1.67 bits per heavy atom. The highest BCUT2D eigenvalue weighted by atomic mass is 28.4. The van der Waals surface area contributed by atoms with Crippen molar-refractivity contribution in [2.75, 3.05) is 13.2 Å². The summed E-state index contributed by atoms with van der Waals surface area (Å²) in [6.45, 7) is 12.6. The Labute approximate surface area is 109 Å². The van der Waals surface area contributed by atoms with Crippen molar-refractivity contribution >= 4 is 8.32 Å². The molecule has 0 saturated heterocycles. The third kappa shape index (κ3) is 4.89. The van der Waals surface area contributed by atoms with Gasteiger partial charge in [-0.15, -0.1) is 0 Å². The zero-order valence-electron chi connectivity index (χ0n) is 12.4. The van der Waals surface area contributed by atoms with Crippen LogP contribution in [-0.2, 0) is 9.16 Å². The SMILES string of the molecule is CC(C)(OCCO[Si](C)(C)C(C)(C)C)C(F)(F)F. The van der Waals surface area contributed by atoms with Crippen LogP contribution in [0.5, 0.6) is 0 Å². The summed E-state index contributed by atoms with van der Waals surface area (Å²) in [5.74, 6) is 0. The monoisotopic (exact) mass is 286 g/mol. The minimum absolute atomic E-state index is 0.0426. The van der Waals surface area contributed by atoms with Crippen LogP contribution in [0.2, 0.25) is 18.1 Å². The van der Waals surface area contributed by atoms with Gasteiger partial charge in [0.2, 0.25) is 0 Å². The van der Waals surface area contributed by atoms with Crippen molar-refractivity contribution < 1.29 is 22.3 Å². The molecule has 0 aliphatic carbocycles. The molecule has 0 aromatic heterocycles. The maximum atomic E-state index is 12.5. The van der Waals surface area contributed by atoms with E-state index in [2.05, 4.69) is 33.9 Å². The van der Waals surface area contributed by atoms with Crippen LogP contribution in [0.1, 0.15) is 34.6 Å². The zero-order chi connectivity index (χ0) is 14.8. The first kappa shape index (κ1) is 17.9. The van der Waals surface area contributed by atoms with Gasteiger partial charge in [0.1, 0.15) is 0 Å². The largest absolute Gasteiger partial charge is 0.416 e. The third-order valence-corrected chi connectivity index (χ3v) is 8.04. The third-order valence-electron chi connectivity index (χ3n) is 3.50. The van der Waals surface area contributed by atoms with Crippen LogP contribution in [0.3, 0.4) is 0 Å². The fourth-order valence-corrected chi connectivity index (χ4v) is 1.92. The van der Waals surface area contributed by atoms with Crippen molar-refractivity contribution in [3.63, 3.8) is 0 Å². The first-order valence-corrected chi connectivity index (χ1v) is 8.96. The molecule has 6 heteroatoms. The smallest absolute Gasteiger partial charge is 0.414 e. The Morgan fingerprint density at radius 2 is 1.33 bits per heavy atom. The van der Waals surface area contributed by atoms with Gasteiger partial charge in [-0.05, 0) is 32.0 Å². The van der Waals surface area contributed by atoms with Crippen molar-refractivity contribution in [1.29, 1.82) is 0 Å². The highest BCUT2D eigenvalue weighted by Crippen LogP contribution is 2.37. The number of hydrogen-bond acceptors (Lipinski definition) is 2. The van der Waals surface area contributed by atoms with Crippen molar-refractivity contribution in [3.8, 4) is 0 Å². The summed E-state index contributed by atoms with van der Waals surface area (Å²) < 4.78 is 48.2. The predicted molar refractivity (Wildman–Crippen MR) is 69.2 cm³/mol. The fraction of sp³-hybridized carbons (Fsp3) is 1.00. The molecule has 18 heavy (non-hydrogen) atoms. The highest BCUT2D eigenvalue weighted by Gasteiger charge is 2.48. The second-order valence-electron chi connectivity index (χ2n) is 6.47. The van der Waals surface area contributed by atoms with Gasteiger partial charge < -0.3 is 9.16 Å². The standard InChI is InChI=1S/C12H25F3O2Si/c1-10(2,3)18(6,7)17-9-8-16-11(4,5)12(13,14)15/h8-9H2,1-7H3. The molecule has 110 valence electrons. The zero-order valence-corrected chi connectivity index (χ0v) is 13.4. The summed E-state index contributed by atoms with van der Waals surface area (Å²) >= 11 is 0. The average Bonchev–Trinajstić information content (AvgIpc) is 2.08. The number of rotatable bonds is 5. The Kier molecular flexibility index (Phi) is 5.48. The van der Waals surface area contributed by atoms with Gasteiger partial charge in [-0.2, -0.15) is 13.2 Å². The lowest BCUT2D eigenvalue weighted by molar-refractivity contribution is -0.264. The molecule has 0 N–H and O–H groups in total. The molecular weight excluding hydrogens is 261 g/mol. The summed E-state index contributed by atoms with van der Waals surface area (Å²) in [5, 5.41) is 0.0482. The maximum absolute atomic E-state index is 12.5. The summed E-state index contributed by atoms with van der Waals surface area (Å²) in [6, 6.07) is 0. The predicted octanol–water partition coefficient (Wildman–Crippen LogP) is 4.37. The van der Waals surface area contributed by atoms with E-state index in [1.165, 1.54) is 0 Å². The maximum Gasteiger partial charge on any atom is 0.416 e. The first-order chi connectivity index (χ1) is 7.71. The molecule has 0 unspecified atom stereocenters. The van der Waals surface area contributed by atoms with E-state index >= 15 is 0 Å². The highest BCUT2D eigenvalue weighted by molar-refractivity contribution is 6.74. The van der Waals surface area contributed by atoms with E-state index in [-0.39, 0.29) is 18.3 Å². The molecule has 0 aliphatic heterocycles. The number of ether oxygens (including phenoxy) is 1. The molecule has 0 bridgehead atoms. The van der Waals surface area contributed by atoms with Crippen LogP contribution < -0.4 is 0 Å². The van der Waals surface area contributed by atoms with E-state index in [1.807, 2.05) is 0 Å². The number of hydrogen-bond donors (Lipinski definition) is 0.